The highest BCUT2D eigenvalue weighted by atomic mass is 35.5. The van der Waals surface area contributed by atoms with E-state index < -0.39 is 17.8 Å². The highest BCUT2D eigenvalue weighted by molar-refractivity contribution is 6.42. The SMILES string of the molecule is COC(=O)c1cccc(-c2ccc(/C=C3\C(=O)NN(c4ccc(Cl)c(Cl)c4)C3=O)o2)c1. The van der Waals surface area contributed by atoms with Crippen LogP contribution in [0.2, 0.25) is 10.0 Å². The van der Waals surface area contributed by atoms with Crippen molar-refractivity contribution in [1.29, 1.82) is 0 Å². The van der Waals surface area contributed by atoms with Crippen molar-refractivity contribution < 1.29 is 23.5 Å². The Morgan fingerprint density at radius 1 is 1.06 bits per heavy atom. The zero-order chi connectivity index (χ0) is 22.1. The summed E-state index contributed by atoms with van der Waals surface area (Å²) < 4.78 is 10.5. The van der Waals surface area contributed by atoms with E-state index in [2.05, 4.69) is 5.43 Å². The van der Waals surface area contributed by atoms with Crippen LogP contribution in [0.4, 0.5) is 5.69 Å². The van der Waals surface area contributed by atoms with E-state index >= 15 is 0 Å². The van der Waals surface area contributed by atoms with Crippen LogP contribution in [0.25, 0.3) is 17.4 Å². The lowest BCUT2D eigenvalue weighted by Crippen LogP contribution is -2.35. The molecule has 9 heteroatoms. The predicted octanol–water partition coefficient (Wildman–Crippen LogP) is 4.50. The van der Waals surface area contributed by atoms with Gasteiger partial charge in [0.05, 0.1) is 28.4 Å². The van der Waals surface area contributed by atoms with Crippen LogP contribution in [0.1, 0.15) is 16.1 Å². The zero-order valence-corrected chi connectivity index (χ0v) is 17.5. The Morgan fingerprint density at radius 3 is 2.61 bits per heavy atom. The summed E-state index contributed by atoms with van der Waals surface area (Å²) in [7, 11) is 1.30. The van der Waals surface area contributed by atoms with Crippen LogP contribution in [0, 0.1) is 0 Å². The molecule has 3 aromatic rings. The third-order valence-electron chi connectivity index (χ3n) is 4.53. The van der Waals surface area contributed by atoms with E-state index in [4.69, 9.17) is 32.4 Å². The second-order valence-electron chi connectivity index (χ2n) is 6.51. The minimum absolute atomic E-state index is 0.102. The molecule has 0 spiro atoms. The third kappa shape index (κ3) is 4.05. The summed E-state index contributed by atoms with van der Waals surface area (Å²) in [5.74, 6) is -0.847. The molecule has 4 rings (SSSR count). The molecule has 7 nitrogen and oxygen atoms in total. The Hall–Kier alpha value is -3.55. The first kappa shape index (κ1) is 20.7. The number of furan rings is 1. The van der Waals surface area contributed by atoms with Crippen LogP contribution in [-0.2, 0) is 14.3 Å². The van der Waals surface area contributed by atoms with Crippen molar-refractivity contribution in [3.05, 3.63) is 81.5 Å². The van der Waals surface area contributed by atoms with Gasteiger partial charge in [0.15, 0.2) is 0 Å². The number of hydrogen-bond acceptors (Lipinski definition) is 5. The van der Waals surface area contributed by atoms with E-state index in [1.807, 2.05) is 0 Å². The molecule has 0 unspecified atom stereocenters. The lowest BCUT2D eigenvalue weighted by Gasteiger charge is -2.15. The van der Waals surface area contributed by atoms with Crippen molar-refractivity contribution in [3.8, 4) is 11.3 Å². The molecule has 156 valence electrons. The summed E-state index contributed by atoms with van der Waals surface area (Å²) in [4.78, 5) is 36.8. The summed E-state index contributed by atoms with van der Waals surface area (Å²) in [6.07, 6.45) is 1.35. The molecule has 1 aliphatic heterocycles. The molecule has 31 heavy (non-hydrogen) atoms. The number of anilines is 1. The Bertz CT molecular complexity index is 1250. The fourth-order valence-electron chi connectivity index (χ4n) is 3.01. The molecule has 2 heterocycles. The minimum Gasteiger partial charge on any atom is -0.465 e. The Balaban J connectivity index is 1.60. The number of amides is 2. The monoisotopic (exact) mass is 456 g/mol. The van der Waals surface area contributed by atoms with Gasteiger partial charge in [-0.1, -0.05) is 35.3 Å². The molecule has 0 atom stereocenters. The van der Waals surface area contributed by atoms with Crippen LogP contribution in [0.5, 0.6) is 0 Å². The van der Waals surface area contributed by atoms with E-state index in [0.717, 1.165) is 5.01 Å². The molecule has 2 amide bonds. The molecule has 0 aliphatic carbocycles. The van der Waals surface area contributed by atoms with Gasteiger partial charge in [0.1, 0.15) is 17.1 Å². The molecular weight excluding hydrogens is 443 g/mol. The average Bonchev–Trinajstić information content (AvgIpc) is 3.35. The first-order chi connectivity index (χ1) is 14.9. The number of halogens is 2. The van der Waals surface area contributed by atoms with Crippen LogP contribution in [0.15, 0.2) is 64.6 Å². The van der Waals surface area contributed by atoms with Gasteiger partial charge < -0.3 is 9.15 Å². The molecule has 1 aliphatic rings. The number of rotatable bonds is 4. The summed E-state index contributed by atoms with van der Waals surface area (Å²) >= 11 is 11.9. The van der Waals surface area contributed by atoms with Gasteiger partial charge in [0.2, 0.25) is 0 Å². The van der Waals surface area contributed by atoms with Crippen LogP contribution in [0.3, 0.4) is 0 Å². The van der Waals surface area contributed by atoms with Crippen LogP contribution in [-0.4, -0.2) is 24.9 Å². The highest BCUT2D eigenvalue weighted by Gasteiger charge is 2.35. The first-order valence-corrected chi connectivity index (χ1v) is 9.74. The van der Waals surface area contributed by atoms with Crippen LogP contribution < -0.4 is 10.4 Å². The Labute approximate surface area is 186 Å². The van der Waals surface area contributed by atoms with Gasteiger partial charge in [0, 0.05) is 5.56 Å². The largest absolute Gasteiger partial charge is 0.465 e. The van der Waals surface area contributed by atoms with Gasteiger partial charge in [0.25, 0.3) is 11.8 Å². The lowest BCUT2D eigenvalue weighted by molar-refractivity contribution is -0.117. The van der Waals surface area contributed by atoms with E-state index in [0.29, 0.717) is 33.4 Å². The van der Waals surface area contributed by atoms with Crippen molar-refractivity contribution in [2.45, 2.75) is 0 Å². The number of benzene rings is 2. The quantitative estimate of drug-likeness (QED) is 0.354. The number of ether oxygens (including phenoxy) is 1. The summed E-state index contributed by atoms with van der Waals surface area (Å²) in [5, 5.41) is 1.67. The van der Waals surface area contributed by atoms with E-state index in [-0.39, 0.29) is 10.6 Å². The molecule has 0 saturated carbocycles. The smallest absolute Gasteiger partial charge is 0.337 e. The summed E-state index contributed by atoms with van der Waals surface area (Å²) in [5.41, 5.74) is 3.77. The minimum atomic E-state index is -0.582. The van der Waals surface area contributed by atoms with Crippen molar-refractivity contribution >= 4 is 52.7 Å². The number of methoxy groups -OCH3 is 1. The van der Waals surface area contributed by atoms with E-state index in [9.17, 15) is 14.4 Å². The second kappa shape index (κ2) is 8.29. The van der Waals surface area contributed by atoms with Gasteiger partial charge >= 0.3 is 5.97 Å². The summed E-state index contributed by atoms with van der Waals surface area (Å²) in [6, 6.07) is 14.6. The van der Waals surface area contributed by atoms with Crippen molar-refractivity contribution in [2.75, 3.05) is 12.1 Å². The van der Waals surface area contributed by atoms with Crippen molar-refractivity contribution in [2.24, 2.45) is 0 Å². The number of esters is 1. The fourth-order valence-corrected chi connectivity index (χ4v) is 3.30. The van der Waals surface area contributed by atoms with E-state index in [1.165, 1.54) is 25.3 Å². The lowest BCUT2D eigenvalue weighted by atomic mass is 10.1. The number of nitrogens with zero attached hydrogens (tertiary/aromatic N) is 1. The number of carbonyl (C=O) groups excluding carboxylic acids is 3. The van der Waals surface area contributed by atoms with E-state index in [1.54, 1.807) is 42.5 Å². The van der Waals surface area contributed by atoms with Gasteiger partial charge in [-0.15, -0.1) is 0 Å². The Kier molecular flexibility index (Phi) is 5.54. The number of carbonyl (C=O) groups is 3. The standard InChI is InChI=1S/C22H14Cl2N2O5/c1-30-22(29)13-4-2-3-12(9-13)19-8-6-15(31-19)11-16-20(27)25-26(21(16)28)14-5-7-17(23)18(24)10-14/h2-11H,1H3,(H,25,27)/b16-11+. The molecular formula is C22H14Cl2N2O5. The highest BCUT2D eigenvalue weighted by Crippen LogP contribution is 2.30. The molecule has 1 N–H and O–H groups in total. The fraction of sp³-hybridized carbons (Fsp3) is 0.0455. The topological polar surface area (TPSA) is 88.9 Å². The van der Waals surface area contributed by atoms with Crippen molar-refractivity contribution in [3.63, 3.8) is 0 Å². The Morgan fingerprint density at radius 2 is 1.87 bits per heavy atom. The summed E-state index contributed by atoms with van der Waals surface area (Å²) in [6.45, 7) is 0. The molecule has 2 aromatic carbocycles. The maximum atomic E-state index is 12.8. The maximum absolute atomic E-state index is 12.8. The van der Waals surface area contributed by atoms with Gasteiger partial charge in [-0.25, -0.2) is 9.80 Å². The zero-order valence-electron chi connectivity index (χ0n) is 16.0. The first-order valence-electron chi connectivity index (χ1n) is 8.98. The second-order valence-corrected chi connectivity index (χ2v) is 7.33. The van der Waals surface area contributed by atoms with Crippen molar-refractivity contribution in [1.82, 2.24) is 5.43 Å². The molecule has 0 bridgehead atoms. The number of hydrazine groups is 1. The van der Waals surface area contributed by atoms with Crippen LogP contribution >= 0.6 is 23.2 Å². The van der Waals surface area contributed by atoms with Gasteiger partial charge in [-0.2, -0.15) is 0 Å². The molecule has 1 fully saturated rings. The average molecular weight is 457 g/mol. The molecule has 0 radical (unpaired) electrons. The van der Waals surface area contributed by atoms with Gasteiger partial charge in [-0.05, 0) is 48.5 Å². The normalized spacial score (nSPS) is 14.8. The van der Waals surface area contributed by atoms with Gasteiger partial charge in [-0.3, -0.25) is 15.0 Å². The number of nitrogens with one attached hydrogen (secondary N) is 1. The third-order valence-corrected chi connectivity index (χ3v) is 5.27. The molecule has 1 saturated heterocycles. The maximum Gasteiger partial charge on any atom is 0.337 e. The molecule has 1 aromatic heterocycles. The predicted molar refractivity (Wildman–Crippen MR) is 116 cm³/mol. The number of hydrogen-bond donors (Lipinski definition) is 1.